The van der Waals surface area contributed by atoms with Gasteiger partial charge >= 0.3 is 0 Å². The van der Waals surface area contributed by atoms with Gasteiger partial charge in [0.1, 0.15) is 0 Å². The van der Waals surface area contributed by atoms with Gasteiger partial charge in [-0.3, -0.25) is 0 Å². The number of rotatable bonds is 6. The Hall–Kier alpha value is -0.0800. The Labute approximate surface area is 114 Å². The summed E-state index contributed by atoms with van der Waals surface area (Å²) in [6.07, 6.45) is 5.33. The van der Waals surface area contributed by atoms with E-state index in [2.05, 4.69) is 33.0 Å². The Balaban J connectivity index is 2.49. The number of hydrogen-bond acceptors (Lipinski definition) is 2. The molecule has 2 heteroatoms. The minimum Gasteiger partial charge on any atom is -0.384 e. The Bertz CT molecular complexity index is 222. The summed E-state index contributed by atoms with van der Waals surface area (Å²) < 4.78 is 5.45. The maximum atomic E-state index is 5.45. The van der Waals surface area contributed by atoms with Gasteiger partial charge in [0.15, 0.2) is 0 Å². The van der Waals surface area contributed by atoms with Crippen molar-refractivity contribution in [2.24, 2.45) is 23.2 Å². The minimum atomic E-state index is 0.452. The van der Waals surface area contributed by atoms with Gasteiger partial charge in [0, 0.05) is 13.7 Å². The van der Waals surface area contributed by atoms with Gasteiger partial charge in [-0.05, 0) is 61.9 Å². The third-order valence-electron chi connectivity index (χ3n) is 4.58. The molecule has 0 aromatic heterocycles. The molecule has 1 aliphatic rings. The molecule has 0 radical (unpaired) electrons. The molecule has 0 saturated heterocycles. The van der Waals surface area contributed by atoms with Gasteiger partial charge in [0.05, 0.1) is 0 Å². The van der Waals surface area contributed by atoms with E-state index in [9.17, 15) is 0 Å². The highest BCUT2D eigenvalue weighted by Crippen LogP contribution is 2.42. The Morgan fingerprint density at radius 2 is 1.89 bits per heavy atom. The lowest BCUT2D eigenvalue weighted by Gasteiger charge is -2.41. The highest BCUT2D eigenvalue weighted by Gasteiger charge is 2.35. The van der Waals surface area contributed by atoms with Crippen LogP contribution in [0.25, 0.3) is 0 Å². The summed E-state index contributed by atoms with van der Waals surface area (Å²) in [5.41, 5.74) is 0.452. The van der Waals surface area contributed by atoms with Crippen molar-refractivity contribution >= 4 is 0 Å². The monoisotopic (exact) mass is 255 g/mol. The second-order valence-corrected chi connectivity index (χ2v) is 7.06. The van der Waals surface area contributed by atoms with Gasteiger partial charge in [-0.25, -0.2) is 0 Å². The fourth-order valence-corrected chi connectivity index (χ4v) is 3.26. The average Bonchev–Trinajstić information content (AvgIpc) is 2.30. The predicted molar refractivity (Wildman–Crippen MR) is 78.8 cm³/mol. The zero-order chi connectivity index (χ0) is 13.6. The number of hydrogen-bond donors (Lipinski definition) is 1. The molecule has 2 nitrogen and oxygen atoms in total. The molecule has 108 valence electrons. The summed E-state index contributed by atoms with van der Waals surface area (Å²) in [4.78, 5) is 0. The van der Waals surface area contributed by atoms with E-state index in [1.807, 2.05) is 7.11 Å². The molecule has 0 aromatic carbocycles. The van der Waals surface area contributed by atoms with E-state index in [1.165, 1.54) is 32.2 Å². The lowest BCUT2D eigenvalue weighted by molar-refractivity contribution is 0.0420. The van der Waals surface area contributed by atoms with E-state index in [4.69, 9.17) is 4.74 Å². The van der Waals surface area contributed by atoms with Gasteiger partial charge in [-0.15, -0.1) is 0 Å². The van der Waals surface area contributed by atoms with Crippen molar-refractivity contribution in [1.29, 1.82) is 0 Å². The molecule has 1 saturated carbocycles. The Morgan fingerprint density at radius 3 is 2.44 bits per heavy atom. The molecule has 0 aromatic rings. The Morgan fingerprint density at radius 1 is 1.17 bits per heavy atom. The van der Waals surface area contributed by atoms with E-state index in [-0.39, 0.29) is 0 Å². The topological polar surface area (TPSA) is 21.3 Å². The van der Waals surface area contributed by atoms with Gasteiger partial charge in [-0.2, -0.15) is 0 Å². The molecule has 1 N–H and O–H groups in total. The highest BCUT2D eigenvalue weighted by atomic mass is 16.5. The van der Waals surface area contributed by atoms with E-state index in [1.54, 1.807) is 0 Å². The van der Waals surface area contributed by atoms with Crippen molar-refractivity contribution in [3.8, 4) is 0 Å². The number of nitrogens with one attached hydrogen (secondary N) is 1. The second kappa shape index (κ2) is 7.49. The first-order chi connectivity index (χ1) is 8.49. The SMILES string of the molecule is CCCNCC1CCC(C(C)(C)C)CC1COC. The molecule has 3 unspecified atom stereocenters. The molecule has 0 amide bonds. The summed E-state index contributed by atoms with van der Waals surface area (Å²) in [7, 11) is 1.84. The molecule has 3 atom stereocenters. The fourth-order valence-electron chi connectivity index (χ4n) is 3.26. The van der Waals surface area contributed by atoms with Crippen molar-refractivity contribution in [2.75, 3.05) is 26.8 Å². The summed E-state index contributed by atoms with van der Waals surface area (Å²) >= 11 is 0. The van der Waals surface area contributed by atoms with Crippen LogP contribution in [0.1, 0.15) is 53.4 Å². The lowest BCUT2D eigenvalue weighted by atomic mass is 9.65. The highest BCUT2D eigenvalue weighted by molar-refractivity contribution is 4.86. The first kappa shape index (κ1) is 16.0. The zero-order valence-corrected chi connectivity index (χ0v) is 13.1. The lowest BCUT2D eigenvalue weighted by Crippen LogP contribution is -2.38. The van der Waals surface area contributed by atoms with Crippen molar-refractivity contribution < 1.29 is 4.74 Å². The molecule has 0 heterocycles. The van der Waals surface area contributed by atoms with Gasteiger partial charge in [0.25, 0.3) is 0 Å². The standard InChI is InChI=1S/C16H33NO/c1-6-9-17-11-13-7-8-15(16(2,3)4)10-14(13)12-18-5/h13-15,17H,6-12H2,1-5H3. The quantitative estimate of drug-likeness (QED) is 0.731. The average molecular weight is 255 g/mol. The van der Waals surface area contributed by atoms with Crippen LogP contribution in [0.4, 0.5) is 0 Å². The van der Waals surface area contributed by atoms with Gasteiger partial charge in [-0.1, -0.05) is 27.7 Å². The normalized spacial score (nSPS) is 29.5. The molecule has 18 heavy (non-hydrogen) atoms. The van der Waals surface area contributed by atoms with Crippen molar-refractivity contribution in [3.63, 3.8) is 0 Å². The van der Waals surface area contributed by atoms with Crippen LogP contribution in [0.2, 0.25) is 0 Å². The van der Waals surface area contributed by atoms with E-state index in [0.29, 0.717) is 5.41 Å². The second-order valence-electron chi connectivity index (χ2n) is 7.06. The molecule has 1 aliphatic carbocycles. The van der Waals surface area contributed by atoms with Crippen LogP contribution in [0, 0.1) is 23.2 Å². The third kappa shape index (κ3) is 4.89. The first-order valence-electron chi connectivity index (χ1n) is 7.68. The summed E-state index contributed by atoms with van der Waals surface area (Å²) in [6.45, 7) is 12.7. The summed E-state index contributed by atoms with van der Waals surface area (Å²) in [6, 6.07) is 0. The fraction of sp³-hybridized carbons (Fsp3) is 1.00. The molecule has 1 fully saturated rings. The van der Waals surface area contributed by atoms with Crippen molar-refractivity contribution in [3.05, 3.63) is 0 Å². The van der Waals surface area contributed by atoms with Crippen LogP contribution in [0.5, 0.6) is 0 Å². The van der Waals surface area contributed by atoms with Crippen LogP contribution >= 0.6 is 0 Å². The van der Waals surface area contributed by atoms with E-state index < -0.39 is 0 Å². The molecule has 1 rings (SSSR count). The van der Waals surface area contributed by atoms with Crippen LogP contribution in [-0.4, -0.2) is 26.8 Å². The van der Waals surface area contributed by atoms with E-state index in [0.717, 1.165) is 30.9 Å². The van der Waals surface area contributed by atoms with Crippen molar-refractivity contribution in [2.45, 2.75) is 53.4 Å². The van der Waals surface area contributed by atoms with Crippen LogP contribution in [-0.2, 0) is 4.74 Å². The molecule has 0 bridgehead atoms. The van der Waals surface area contributed by atoms with Crippen LogP contribution in [0.15, 0.2) is 0 Å². The van der Waals surface area contributed by atoms with Crippen molar-refractivity contribution in [1.82, 2.24) is 5.32 Å². The largest absolute Gasteiger partial charge is 0.384 e. The van der Waals surface area contributed by atoms with E-state index >= 15 is 0 Å². The zero-order valence-electron chi connectivity index (χ0n) is 13.1. The van der Waals surface area contributed by atoms with Crippen LogP contribution in [0.3, 0.4) is 0 Å². The molecule has 0 spiro atoms. The number of methoxy groups -OCH3 is 1. The molecule has 0 aliphatic heterocycles. The smallest absolute Gasteiger partial charge is 0.0493 e. The van der Waals surface area contributed by atoms with Gasteiger partial charge in [0.2, 0.25) is 0 Å². The minimum absolute atomic E-state index is 0.452. The molecular weight excluding hydrogens is 222 g/mol. The third-order valence-corrected chi connectivity index (χ3v) is 4.58. The maximum absolute atomic E-state index is 5.45. The molecular formula is C16H33NO. The Kier molecular flexibility index (Phi) is 6.65. The maximum Gasteiger partial charge on any atom is 0.0493 e. The first-order valence-corrected chi connectivity index (χ1v) is 7.68. The summed E-state index contributed by atoms with van der Waals surface area (Å²) in [5, 5.41) is 3.59. The van der Waals surface area contributed by atoms with Gasteiger partial charge < -0.3 is 10.1 Å². The van der Waals surface area contributed by atoms with Crippen LogP contribution < -0.4 is 5.32 Å². The predicted octanol–water partition coefficient (Wildman–Crippen LogP) is 3.71. The number of ether oxygens (including phenoxy) is 1. The summed E-state index contributed by atoms with van der Waals surface area (Å²) in [5.74, 6) is 2.42.